The molecule has 3 rings (SSSR count). The van der Waals surface area contributed by atoms with Gasteiger partial charge in [-0.3, -0.25) is 9.79 Å². The third-order valence-corrected chi connectivity index (χ3v) is 7.57. The van der Waals surface area contributed by atoms with E-state index in [9.17, 15) is 4.79 Å². The van der Waals surface area contributed by atoms with Gasteiger partial charge in [-0.05, 0) is 80.9 Å². The molecular weight excluding hydrogens is 392 g/mol. The van der Waals surface area contributed by atoms with Crippen LogP contribution < -0.4 is 0 Å². The van der Waals surface area contributed by atoms with Crippen LogP contribution in [0, 0.1) is 40.9 Å². The minimum absolute atomic E-state index is 0.0661. The number of ketones is 1. The van der Waals surface area contributed by atoms with Crippen molar-refractivity contribution in [2.45, 2.75) is 80.6 Å². The summed E-state index contributed by atoms with van der Waals surface area (Å²) in [6.45, 7) is 15.4. The van der Waals surface area contributed by atoms with E-state index >= 15 is 0 Å². The van der Waals surface area contributed by atoms with Crippen LogP contribution in [0.25, 0.3) is 0 Å². The van der Waals surface area contributed by atoms with Crippen LogP contribution in [0.5, 0.6) is 0 Å². The van der Waals surface area contributed by atoms with Crippen LogP contribution in [0.3, 0.4) is 0 Å². The first kappa shape index (κ1) is 24.6. The molecule has 0 heterocycles. The van der Waals surface area contributed by atoms with Crippen molar-refractivity contribution in [1.29, 1.82) is 5.41 Å². The molecule has 4 atom stereocenters. The molecule has 0 aliphatic heterocycles. The Labute approximate surface area is 195 Å². The topological polar surface area (TPSA) is 53.3 Å². The lowest BCUT2D eigenvalue weighted by atomic mass is 9.72. The zero-order valence-corrected chi connectivity index (χ0v) is 21.2. The highest BCUT2D eigenvalue weighted by Crippen LogP contribution is 2.40. The fourth-order valence-corrected chi connectivity index (χ4v) is 5.64. The fourth-order valence-electron chi connectivity index (χ4n) is 5.64. The number of carbonyl (C=O) groups is 1. The second-order valence-electron chi connectivity index (χ2n) is 10.9. The van der Waals surface area contributed by atoms with Crippen molar-refractivity contribution in [2.75, 3.05) is 0 Å². The van der Waals surface area contributed by atoms with Gasteiger partial charge < -0.3 is 5.41 Å². The molecule has 3 nitrogen and oxygen atoms in total. The smallest absolute Gasteiger partial charge is 0.164 e. The first-order chi connectivity index (χ1) is 15.1. The molecule has 0 radical (unpaired) electrons. The number of nitrogens with one attached hydrogen (secondary N) is 1. The summed E-state index contributed by atoms with van der Waals surface area (Å²) in [6.07, 6.45) is 13.5. The van der Waals surface area contributed by atoms with Gasteiger partial charge >= 0.3 is 0 Å². The summed E-state index contributed by atoms with van der Waals surface area (Å²) in [4.78, 5) is 17.4. The molecule has 0 saturated carbocycles. The van der Waals surface area contributed by atoms with E-state index in [1.54, 1.807) is 6.08 Å². The molecule has 3 aliphatic rings. The number of allylic oxidation sites excluding steroid dienone is 7. The normalized spacial score (nSPS) is 29.7. The van der Waals surface area contributed by atoms with Crippen LogP contribution in [-0.4, -0.2) is 17.2 Å². The summed E-state index contributed by atoms with van der Waals surface area (Å²) in [5.74, 6) is 2.21. The molecule has 0 spiro atoms. The minimum atomic E-state index is -0.0661. The average Bonchev–Trinajstić information content (AvgIpc) is 2.72. The predicted molar refractivity (Wildman–Crippen MR) is 136 cm³/mol. The van der Waals surface area contributed by atoms with Crippen molar-refractivity contribution in [3.05, 3.63) is 46.7 Å². The Morgan fingerprint density at radius 3 is 2.53 bits per heavy atom. The van der Waals surface area contributed by atoms with E-state index in [2.05, 4.69) is 53.7 Å². The lowest BCUT2D eigenvalue weighted by Gasteiger charge is -2.33. The third-order valence-electron chi connectivity index (χ3n) is 7.57. The van der Waals surface area contributed by atoms with Gasteiger partial charge in [-0.25, -0.2) is 0 Å². The molecule has 3 aliphatic carbocycles. The van der Waals surface area contributed by atoms with Gasteiger partial charge in [-0.1, -0.05) is 58.4 Å². The van der Waals surface area contributed by atoms with Crippen molar-refractivity contribution in [1.82, 2.24) is 0 Å². The lowest BCUT2D eigenvalue weighted by molar-refractivity contribution is -0.116. The summed E-state index contributed by atoms with van der Waals surface area (Å²) in [7, 11) is 0. The standard InChI is InChI=1S/C29H42N2O/c1-17(2)25-15-22(12-19(5)28(25)30)14-23-13-20(6)29(26(16-23)18(3)4)31-21(7)24-10-8-9-11-27(24)32/h9,11-13,17-19,23-25,30H,8,10,14-16H2,1-7H3. The number of hydrogen-bond donors (Lipinski definition) is 1. The molecule has 1 N–H and O–H groups in total. The number of aliphatic imine (C=N–C) groups is 1. The van der Waals surface area contributed by atoms with Gasteiger partial charge in [0.2, 0.25) is 0 Å². The van der Waals surface area contributed by atoms with E-state index in [0.29, 0.717) is 23.7 Å². The van der Waals surface area contributed by atoms with E-state index < -0.39 is 0 Å². The summed E-state index contributed by atoms with van der Waals surface area (Å²) in [5.41, 5.74) is 7.17. The minimum Gasteiger partial charge on any atom is -0.309 e. The number of rotatable bonds is 6. The maximum atomic E-state index is 12.4. The van der Waals surface area contributed by atoms with Crippen molar-refractivity contribution >= 4 is 17.2 Å². The van der Waals surface area contributed by atoms with Gasteiger partial charge in [0.25, 0.3) is 0 Å². The van der Waals surface area contributed by atoms with E-state index in [0.717, 1.165) is 49.2 Å². The molecule has 0 aromatic heterocycles. The Morgan fingerprint density at radius 1 is 1.19 bits per heavy atom. The van der Waals surface area contributed by atoms with Gasteiger partial charge in [-0.15, -0.1) is 0 Å². The Morgan fingerprint density at radius 2 is 1.91 bits per heavy atom. The predicted octanol–water partition coefficient (Wildman–Crippen LogP) is 7.51. The van der Waals surface area contributed by atoms with Crippen molar-refractivity contribution in [2.24, 2.45) is 40.5 Å². The molecule has 0 saturated heterocycles. The summed E-state index contributed by atoms with van der Waals surface area (Å²) in [6, 6.07) is 0. The Bertz CT molecular complexity index is 909. The Balaban J connectivity index is 1.82. The molecule has 3 heteroatoms. The van der Waals surface area contributed by atoms with Crippen LogP contribution in [-0.2, 0) is 4.79 Å². The molecule has 4 unspecified atom stereocenters. The van der Waals surface area contributed by atoms with Crippen molar-refractivity contribution in [3.8, 4) is 0 Å². The monoisotopic (exact) mass is 434 g/mol. The van der Waals surface area contributed by atoms with Gasteiger partial charge in [0.05, 0.1) is 11.6 Å². The van der Waals surface area contributed by atoms with Gasteiger partial charge in [0, 0.05) is 23.3 Å². The van der Waals surface area contributed by atoms with Gasteiger partial charge in [0.1, 0.15) is 0 Å². The van der Waals surface area contributed by atoms with Crippen molar-refractivity contribution < 1.29 is 4.79 Å². The van der Waals surface area contributed by atoms with Crippen LogP contribution in [0.1, 0.15) is 80.6 Å². The maximum absolute atomic E-state index is 12.4. The Kier molecular flexibility index (Phi) is 7.90. The number of hydrogen-bond acceptors (Lipinski definition) is 3. The van der Waals surface area contributed by atoms with Crippen LogP contribution in [0.4, 0.5) is 0 Å². The third kappa shape index (κ3) is 5.47. The van der Waals surface area contributed by atoms with Gasteiger partial charge in [-0.2, -0.15) is 0 Å². The first-order valence-electron chi connectivity index (χ1n) is 12.5. The second kappa shape index (κ2) is 10.3. The highest BCUT2D eigenvalue weighted by Gasteiger charge is 2.30. The summed E-state index contributed by atoms with van der Waals surface area (Å²) < 4.78 is 0. The first-order valence-corrected chi connectivity index (χ1v) is 12.5. The SMILES string of the molecule is CC1=CC(CC2=CC(C)C(=N)C(C(C)C)C2)CC(C(C)C)=C1N=C(C)C1CCC=CC1=O. The van der Waals surface area contributed by atoms with Crippen molar-refractivity contribution in [3.63, 3.8) is 0 Å². The molecule has 32 heavy (non-hydrogen) atoms. The fraction of sp³-hybridized carbons (Fsp3) is 0.621. The summed E-state index contributed by atoms with van der Waals surface area (Å²) >= 11 is 0. The largest absolute Gasteiger partial charge is 0.309 e. The number of nitrogens with zero attached hydrogens (tertiary/aromatic N) is 1. The average molecular weight is 435 g/mol. The molecule has 0 aromatic carbocycles. The molecule has 0 bridgehead atoms. The number of carbonyl (C=O) groups excluding carboxylic acids is 1. The molecule has 0 aromatic rings. The quantitative estimate of drug-likeness (QED) is 0.341. The molecular formula is C29H42N2O. The highest BCUT2D eigenvalue weighted by molar-refractivity contribution is 6.09. The van der Waals surface area contributed by atoms with E-state index in [4.69, 9.17) is 10.4 Å². The van der Waals surface area contributed by atoms with E-state index in [1.165, 1.54) is 16.7 Å². The van der Waals surface area contributed by atoms with Crippen LogP contribution >= 0.6 is 0 Å². The zero-order chi connectivity index (χ0) is 23.6. The lowest BCUT2D eigenvalue weighted by Crippen LogP contribution is -2.29. The van der Waals surface area contributed by atoms with Crippen LogP contribution in [0.2, 0.25) is 0 Å². The molecule has 0 amide bonds. The van der Waals surface area contributed by atoms with Crippen LogP contribution in [0.15, 0.2) is 51.7 Å². The molecule has 174 valence electrons. The molecule has 0 fully saturated rings. The summed E-state index contributed by atoms with van der Waals surface area (Å²) in [5, 5.41) is 8.50. The van der Waals surface area contributed by atoms with Gasteiger partial charge in [0.15, 0.2) is 5.78 Å². The second-order valence-corrected chi connectivity index (χ2v) is 10.9. The van der Waals surface area contributed by atoms with E-state index in [-0.39, 0.29) is 17.6 Å². The van der Waals surface area contributed by atoms with E-state index in [1.807, 2.05) is 13.0 Å². The highest BCUT2D eigenvalue weighted by atomic mass is 16.1. The maximum Gasteiger partial charge on any atom is 0.164 e. The zero-order valence-electron chi connectivity index (χ0n) is 21.2. The Hall–Kier alpha value is -2.03.